The predicted molar refractivity (Wildman–Crippen MR) is 145 cm³/mol. The van der Waals surface area contributed by atoms with E-state index < -0.39 is 0 Å². The molecule has 0 aliphatic rings. The summed E-state index contributed by atoms with van der Waals surface area (Å²) in [5.74, 6) is 0.0621. The lowest BCUT2D eigenvalue weighted by atomic mass is 9.96. The van der Waals surface area contributed by atoms with Crippen molar-refractivity contribution in [2.24, 2.45) is 5.92 Å². The third-order valence-corrected chi connectivity index (χ3v) is 6.62. The number of imide groups is 1. The second kappa shape index (κ2) is 13.5. The highest BCUT2D eigenvalue weighted by molar-refractivity contribution is 5.97. The Morgan fingerprint density at radius 1 is 0.722 bits per heavy atom. The van der Waals surface area contributed by atoms with Gasteiger partial charge in [0.15, 0.2) is 5.78 Å². The van der Waals surface area contributed by atoms with Crippen LogP contribution in [0.25, 0.3) is 0 Å². The van der Waals surface area contributed by atoms with Gasteiger partial charge in [0.25, 0.3) is 0 Å². The molecule has 1 atom stereocenters. The van der Waals surface area contributed by atoms with E-state index in [0.29, 0.717) is 25.2 Å². The molecule has 0 aliphatic carbocycles. The van der Waals surface area contributed by atoms with E-state index in [9.17, 15) is 14.4 Å². The molecule has 188 valence electrons. The number of benzene rings is 3. The number of carbonyl (C=O) groups is 3. The summed E-state index contributed by atoms with van der Waals surface area (Å²) in [5, 5.41) is 2.52. The third-order valence-electron chi connectivity index (χ3n) is 6.62. The average Bonchev–Trinajstić information content (AvgIpc) is 2.86. The van der Waals surface area contributed by atoms with Gasteiger partial charge in [-0.2, -0.15) is 0 Å². The van der Waals surface area contributed by atoms with Crippen LogP contribution in [-0.4, -0.2) is 17.6 Å². The van der Waals surface area contributed by atoms with Crippen LogP contribution in [-0.2, 0) is 28.9 Å². The van der Waals surface area contributed by atoms with Crippen LogP contribution in [0.5, 0.6) is 0 Å². The second-order valence-corrected chi connectivity index (χ2v) is 9.87. The zero-order valence-corrected chi connectivity index (χ0v) is 21.7. The van der Waals surface area contributed by atoms with Crippen molar-refractivity contribution in [3.63, 3.8) is 0 Å². The first-order chi connectivity index (χ1) is 17.3. The number of Topliss-reactive ketones (excluding diaryl/α,β-unsaturated/α-hetero) is 1. The summed E-state index contributed by atoms with van der Waals surface area (Å²) in [7, 11) is 0. The van der Waals surface area contributed by atoms with Crippen LogP contribution in [0, 0.1) is 19.8 Å². The van der Waals surface area contributed by atoms with Crippen LogP contribution in [0.15, 0.2) is 72.8 Å². The van der Waals surface area contributed by atoms with Gasteiger partial charge >= 0.3 is 0 Å². The second-order valence-electron chi connectivity index (χ2n) is 9.87. The molecule has 0 spiro atoms. The van der Waals surface area contributed by atoms with E-state index in [1.165, 1.54) is 5.56 Å². The minimum absolute atomic E-state index is 0.142. The molecule has 2 amide bonds. The molecule has 0 heterocycles. The molecule has 0 saturated heterocycles. The molecule has 0 aliphatic heterocycles. The topological polar surface area (TPSA) is 63.2 Å². The van der Waals surface area contributed by atoms with Gasteiger partial charge in [-0.05, 0) is 67.7 Å². The van der Waals surface area contributed by atoms with Crippen molar-refractivity contribution in [2.45, 2.75) is 65.7 Å². The summed E-state index contributed by atoms with van der Waals surface area (Å²) < 4.78 is 0. The van der Waals surface area contributed by atoms with E-state index in [1.54, 1.807) is 0 Å². The summed E-state index contributed by atoms with van der Waals surface area (Å²) >= 11 is 0. The van der Waals surface area contributed by atoms with Crippen molar-refractivity contribution in [1.29, 1.82) is 0 Å². The Balaban J connectivity index is 1.36. The standard InChI is InChI=1S/C32H37NO3/c1-23(9-12-26-7-5-4-6-8-26)11-20-31(35)33-32(36)22-28-15-13-27(14-16-28)17-19-30(34)29-18-10-24(2)21-25(29)3/h4-8,10,13-16,18,21,23H,9,11-12,17,19-20,22H2,1-3H3,(H,33,35,36). The van der Waals surface area contributed by atoms with Crippen molar-refractivity contribution in [1.82, 2.24) is 5.32 Å². The molecule has 1 N–H and O–H groups in total. The fraction of sp³-hybridized carbons (Fsp3) is 0.344. The number of rotatable bonds is 12. The van der Waals surface area contributed by atoms with Crippen LogP contribution in [0.3, 0.4) is 0 Å². The number of hydrogen-bond donors (Lipinski definition) is 1. The number of ketones is 1. The Hall–Kier alpha value is -3.53. The average molecular weight is 484 g/mol. The van der Waals surface area contributed by atoms with E-state index in [-0.39, 0.29) is 24.0 Å². The van der Waals surface area contributed by atoms with E-state index in [2.05, 4.69) is 24.4 Å². The van der Waals surface area contributed by atoms with E-state index in [1.807, 2.05) is 74.5 Å². The molecular weight excluding hydrogens is 446 g/mol. The normalized spacial score (nSPS) is 11.6. The lowest BCUT2D eigenvalue weighted by Gasteiger charge is -2.11. The van der Waals surface area contributed by atoms with Crippen LogP contribution in [0.1, 0.15) is 70.8 Å². The van der Waals surface area contributed by atoms with Crippen LogP contribution in [0.4, 0.5) is 0 Å². The predicted octanol–water partition coefficient (Wildman–Crippen LogP) is 6.35. The van der Waals surface area contributed by atoms with Gasteiger partial charge in [-0.25, -0.2) is 0 Å². The van der Waals surface area contributed by atoms with Gasteiger partial charge < -0.3 is 0 Å². The number of aryl methyl sites for hydroxylation is 4. The first kappa shape index (κ1) is 27.1. The maximum Gasteiger partial charge on any atom is 0.230 e. The first-order valence-electron chi connectivity index (χ1n) is 12.8. The molecule has 4 heteroatoms. The van der Waals surface area contributed by atoms with Gasteiger partial charge in [0.1, 0.15) is 0 Å². The van der Waals surface area contributed by atoms with Crippen molar-refractivity contribution in [3.05, 3.63) is 106 Å². The largest absolute Gasteiger partial charge is 0.296 e. The van der Waals surface area contributed by atoms with Gasteiger partial charge in [0, 0.05) is 18.4 Å². The van der Waals surface area contributed by atoms with Gasteiger partial charge in [-0.1, -0.05) is 85.3 Å². The lowest BCUT2D eigenvalue weighted by molar-refractivity contribution is -0.130. The number of nitrogens with one attached hydrogen (secondary N) is 1. The van der Waals surface area contributed by atoms with Gasteiger partial charge in [0.2, 0.25) is 11.8 Å². The Morgan fingerprint density at radius 2 is 1.39 bits per heavy atom. The molecule has 1 unspecified atom stereocenters. The molecule has 3 aromatic rings. The van der Waals surface area contributed by atoms with Crippen molar-refractivity contribution < 1.29 is 14.4 Å². The molecule has 3 aromatic carbocycles. The maximum absolute atomic E-state index is 12.6. The highest BCUT2D eigenvalue weighted by Gasteiger charge is 2.12. The van der Waals surface area contributed by atoms with Crippen LogP contribution < -0.4 is 5.32 Å². The van der Waals surface area contributed by atoms with Crippen molar-refractivity contribution >= 4 is 17.6 Å². The molecule has 0 aromatic heterocycles. The Bertz CT molecular complexity index is 1170. The summed E-state index contributed by atoms with van der Waals surface area (Å²) in [5.41, 5.74) is 6.15. The SMILES string of the molecule is Cc1ccc(C(=O)CCc2ccc(CC(=O)NC(=O)CCC(C)CCc3ccccc3)cc2)c(C)c1. The highest BCUT2D eigenvalue weighted by Crippen LogP contribution is 2.16. The monoisotopic (exact) mass is 483 g/mol. The molecule has 3 rings (SSSR count). The molecule has 0 radical (unpaired) electrons. The number of amides is 2. The van der Waals surface area contributed by atoms with E-state index >= 15 is 0 Å². The summed E-state index contributed by atoms with van der Waals surface area (Å²) in [6.07, 6.45) is 4.40. The molecule has 0 saturated carbocycles. The summed E-state index contributed by atoms with van der Waals surface area (Å²) in [6, 6.07) is 23.9. The third kappa shape index (κ3) is 8.92. The van der Waals surface area contributed by atoms with Gasteiger partial charge in [0.05, 0.1) is 6.42 Å². The van der Waals surface area contributed by atoms with E-state index in [4.69, 9.17) is 0 Å². The minimum Gasteiger partial charge on any atom is -0.296 e. The maximum atomic E-state index is 12.6. The first-order valence-corrected chi connectivity index (χ1v) is 12.8. The smallest absolute Gasteiger partial charge is 0.230 e. The summed E-state index contributed by atoms with van der Waals surface area (Å²) in [6.45, 7) is 6.14. The molecule has 0 fully saturated rings. The fourth-order valence-corrected chi connectivity index (χ4v) is 4.37. The van der Waals surface area contributed by atoms with Crippen LogP contribution >= 0.6 is 0 Å². The molecule has 36 heavy (non-hydrogen) atoms. The number of hydrogen-bond acceptors (Lipinski definition) is 3. The van der Waals surface area contributed by atoms with Crippen molar-refractivity contribution in [3.8, 4) is 0 Å². The van der Waals surface area contributed by atoms with Gasteiger partial charge in [-0.15, -0.1) is 0 Å². The molecule has 0 bridgehead atoms. The molecular formula is C32H37NO3. The quantitative estimate of drug-likeness (QED) is 0.305. The van der Waals surface area contributed by atoms with E-state index in [0.717, 1.165) is 47.1 Å². The van der Waals surface area contributed by atoms with Gasteiger partial charge in [-0.3, -0.25) is 19.7 Å². The highest BCUT2D eigenvalue weighted by atomic mass is 16.2. The number of carbonyl (C=O) groups excluding carboxylic acids is 3. The molecule has 4 nitrogen and oxygen atoms in total. The Morgan fingerprint density at radius 3 is 2.08 bits per heavy atom. The minimum atomic E-state index is -0.283. The summed E-state index contributed by atoms with van der Waals surface area (Å²) in [4.78, 5) is 37.1. The van der Waals surface area contributed by atoms with Crippen LogP contribution in [0.2, 0.25) is 0 Å². The Labute approximate surface area is 215 Å². The van der Waals surface area contributed by atoms with Crippen molar-refractivity contribution in [2.75, 3.05) is 0 Å². The zero-order chi connectivity index (χ0) is 25.9. The lowest BCUT2D eigenvalue weighted by Crippen LogP contribution is -2.31. The Kier molecular flexibility index (Phi) is 10.2. The zero-order valence-electron chi connectivity index (χ0n) is 21.7. The fourth-order valence-electron chi connectivity index (χ4n) is 4.37.